The highest BCUT2D eigenvalue weighted by molar-refractivity contribution is 5.18. The fraction of sp³-hybridized carbons (Fsp3) is 0.846. The smallest absolute Gasteiger partial charge is 0.315 e. The van der Waals surface area contributed by atoms with Gasteiger partial charge in [-0.3, -0.25) is 0 Å². The molecule has 5 nitrogen and oxygen atoms in total. The molecule has 2 rings (SSSR count). The Bertz CT molecular complexity index is 349. The Hall–Kier alpha value is -1.10. The van der Waals surface area contributed by atoms with Crippen LogP contribution in [0.4, 0.5) is 6.01 Å². The molecule has 0 saturated heterocycles. The lowest BCUT2D eigenvalue weighted by molar-refractivity contribution is 0.469. The molecule has 1 aromatic heterocycles. The van der Waals surface area contributed by atoms with E-state index in [1.54, 1.807) is 0 Å². The van der Waals surface area contributed by atoms with Gasteiger partial charge in [0.2, 0.25) is 5.89 Å². The maximum Gasteiger partial charge on any atom is 0.315 e. The molecule has 18 heavy (non-hydrogen) atoms. The number of rotatable bonds is 9. The summed E-state index contributed by atoms with van der Waals surface area (Å²) in [5.41, 5.74) is 0. The number of aromatic nitrogens is 2. The molecule has 0 amide bonds. The SMILES string of the molecule is CCCCCC(C)Nc1nnc(CNC2CC2)o1. The number of hydrogen-bond acceptors (Lipinski definition) is 5. The lowest BCUT2D eigenvalue weighted by Crippen LogP contribution is -2.15. The maximum absolute atomic E-state index is 5.54. The first kappa shape index (κ1) is 13.3. The van der Waals surface area contributed by atoms with Gasteiger partial charge in [-0.15, -0.1) is 5.10 Å². The van der Waals surface area contributed by atoms with Crippen LogP contribution in [-0.4, -0.2) is 22.3 Å². The minimum Gasteiger partial charge on any atom is -0.407 e. The number of hydrogen-bond donors (Lipinski definition) is 2. The molecule has 0 bridgehead atoms. The summed E-state index contributed by atoms with van der Waals surface area (Å²) in [4.78, 5) is 0. The van der Waals surface area contributed by atoms with Gasteiger partial charge in [0.1, 0.15) is 0 Å². The van der Waals surface area contributed by atoms with Crippen molar-refractivity contribution in [2.45, 2.75) is 71.0 Å². The molecule has 0 spiro atoms. The van der Waals surface area contributed by atoms with E-state index in [-0.39, 0.29) is 0 Å². The van der Waals surface area contributed by atoms with Crippen LogP contribution >= 0.6 is 0 Å². The van der Waals surface area contributed by atoms with Crippen molar-refractivity contribution < 1.29 is 4.42 Å². The molecule has 102 valence electrons. The van der Waals surface area contributed by atoms with E-state index in [1.807, 2.05) is 0 Å². The fourth-order valence-corrected chi connectivity index (χ4v) is 1.89. The summed E-state index contributed by atoms with van der Waals surface area (Å²) < 4.78 is 5.54. The predicted molar refractivity (Wildman–Crippen MR) is 71.4 cm³/mol. The molecule has 0 aliphatic heterocycles. The minimum atomic E-state index is 0.390. The third kappa shape index (κ3) is 4.64. The van der Waals surface area contributed by atoms with Crippen LogP contribution in [0.3, 0.4) is 0 Å². The van der Waals surface area contributed by atoms with Crippen LogP contribution in [0.1, 0.15) is 58.3 Å². The van der Waals surface area contributed by atoms with Gasteiger partial charge in [0.15, 0.2) is 0 Å². The van der Waals surface area contributed by atoms with Crippen LogP contribution in [0.15, 0.2) is 4.42 Å². The molecule has 0 aromatic carbocycles. The average molecular weight is 252 g/mol. The summed E-state index contributed by atoms with van der Waals surface area (Å²) >= 11 is 0. The Balaban J connectivity index is 1.67. The zero-order valence-corrected chi connectivity index (χ0v) is 11.4. The van der Waals surface area contributed by atoms with Crippen molar-refractivity contribution in [3.05, 3.63) is 5.89 Å². The van der Waals surface area contributed by atoms with Gasteiger partial charge in [-0.25, -0.2) is 0 Å². The summed E-state index contributed by atoms with van der Waals surface area (Å²) in [5, 5.41) is 14.7. The van der Waals surface area contributed by atoms with Crippen molar-refractivity contribution in [1.29, 1.82) is 0 Å². The lowest BCUT2D eigenvalue weighted by atomic mass is 10.1. The third-order valence-electron chi connectivity index (χ3n) is 3.20. The first-order chi connectivity index (χ1) is 8.78. The molecule has 0 radical (unpaired) electrons. The molecule has 1 heterocycles. The second-order valence-corrected chi connectivity index (χ2v) is 5.20. The number of nitrogens with one attached hydrogen (secondary N) is 2. The third-order valence-corrected chi connectivity index (χ3v) is 3.20. The van der Waals surface area contributed by atoms with Crippen molar-refractivity contribution in [1.82, 2.24) is 15.5 Å². The standard InChI is InChI=1S/C13H24N4O/c1-3-4-5-6-10(2)15-13-17-16-12(18-13)9-14-11-7-8-11/h10-11,14H,3-9H2,1-2H3,(H,15,17). The molecular weight excluding hydrogens is 228 g/mol. The van der Waals surface area contributed by atoms with Gasteiger partial charge in [-0.1, -0.05) is 31.3 Å². The van der Waals surface area contributed by atoms with E-state index >= 15 is 0 Å². The van der Waals surface area contributed by atoms with Gasteiger partial charge >= 0.3 is 6.01 Å². The van der Waals surface area contributed by atoms with E-state index in [0.717, 1.165) is 6.42 Å². The molecule has 5 heteroatoms. The highest BCUT2D eigenvalue weighted by Gasteiger charge is 2.21. The van der Waals surface area contributed by atoms with Crippen LogP contribution in [-0.2, 0) is 6.54 Å². The van der Waals surface area contributed by atoms with Crippen molar-refractivity contribution >= 4 is 6.01 Å². The van der Waals surface area contributed by atoms with Crippen molar-refractivity contribution in [2.75, 3.05) is 5.32 Å². The Labute approximate surface area is 109 Å². The fourth-order valence-electron chi connectivity index (χ4n) is 1.89. The molecule has 1 atom stereocenters. The minimum absolute atomic E-state index is 0.390. The Kier molecular flexibility index (Phi) is 4.99. The van der Waals surface area contributed by atoms with Gasteiger partial charge in [0.05, 0.1) is 6.54 Å². The van der Waals surface area contributed by atoms with E-state index in [9.17, 15) is 0 Å². The average Bonchev–Trinajstić information content (AvgIpc) is 3.08. The van der Waals surface area contributed by atoms with E-state index in [4.69, 9.17) is 4.42 Å². The zero-order chi connectivity index (χ0) is 12.8. The molecule has 1 unspecified atom stereocenters. The molecule has 2 N–H and O–H groups in total. The molecule has 1 aromatic rings. The van der Waals surface area contributed by atoms with Crippen molar-refractivity contribution in [3.8, 4) is 0 Å². The summed E-state index contributed by atoms with van der Waals surface area (Å²) in [7, 11) is 0. The van der Waals surface area contributed by atoms with E-state index in [2.05, 4.69) is 34.7 Å². The van der Waals surface area contributed by atoms with E-state index < -0.39 is 0 Å². The van der Waals surface area contributed by atoms with Gasteiger partial charge in [0.25, 0.3) is 0 Å². The largest absolute Gasteiger partial charge is 0.407 e. The van der Waals surface area contributed by atoms with Gasteiger partial charge in [-0.05, 0) is 26.2 Å². The summed E-state index contributed by atoms with van der Waals surface area (Å²) in [6.45, 7) is 5.06. The Morgan fingerprint density at radius 3 is 2.89 bits per heavy atom. The molecule has 1 aliphatic rings. The second kappa shape index (κ2) is 6.73. The predicted octanol–water partition coefficient (Wildman–Crippen LogP) is 2.70. The lowest BCUT2D eigenvalue weighted by Gasteiger charge is -2.10. The molecule has 1 aliphatic carbocycles. The molecule has 1 fully saturated rings. The van der Waals surface area contributed by atoms with E-state index in [0.29, 0.717) is 30.5 Å². The van der Waals surface area contributed by atoms with Crippen LogP contribution in [0.25, 0.3) is 0 Å². The first-order valence-electron chi connectivity index (χ1n) is 7.10. The van der Waals surface area contributed by atoms with Gasteiger partial charge < -0.3 is 15.1 Å². The summed E-state index contributed by atoms with van der Waals surface area (Å²) in [5.74, 6) is 0.671. The highest BCUT2D eigenvalue weighted by atomic mass is 16.4. The summed E-state index contributed by atoms with van der Waals surface area (Å²) in [6, 6.07) is 1.61. The van der Waals surface area contributed by atoms with E-state index in [1.165, 1.54) is 32.1 Å². The van der Waals surface area contributed by atoms with Crippen LogP contribution in [0.5, 0.6) is 0 Å². The van der Waals surface area contributed by atoms with Crippen molar-refractivity contribution in [3.63, 3.8) is 0 Å². The number of nitrogens with zero attached hydrogens (tertiary/aromatic N) is 2. The maximum atomic E-state index is 5.54. The Morgan fingerprint density at radius 2 is 2.17 bits per heavy atom. The molecule has 1 saturated carbocycles. The van der Waals surface area contributed by atoms with Crippen LogP contribution in [0, 0.1) is 0 Å². The van der Waals surface area contributed by atoms with Crippen molar-refractivity contribution in [2.24, 2.45) is 0 Å². The second-order valence-electron chi connectivity index (χ2n) is 5.20. The first-order valence-corrected chi connectivity index (χ1v) is 7.10. The zero-order valence-electron chi connectivity index (χ0n) is 11.4. The van der Waals surface area contributed by atoms with Crippen LogP contribution < -0.4 is 10.6 Å². The Morgan fingerprint density at radius 1 is 1.33 bits per heavy atom. The quantitative estimate of drug-likeness (QED) is 0.662. The number of unbranched alkanes of at least 4 members (excludes halogenated alkanes) is 2. The topological polar surface area (TPSA) is 63.0 Å². The monoisotopic (exact) mass is 252 g/mol. The van der Waals surface area contributed by atoms with Gasteiger partial charge in [-0.2, -0.15) is 0 Å². The summed E-state index contributed by atoms with van der Waals surface area (Å²) in [6.07, 6.45) is 7.47. The number of anilines is 1. The van der Waals surface area contributed by atoms with Gasteiger partial charge in [0, 0.05) is 12.1 Å². The normalized spacial score (nSPS) is 16.8. The highest BCUT2D eigenvalue weighted by Crippen LogP contribution is 2.19. The molecular formula is C13H24N4O. The van der Waals surface area contributed by atoms with Crippen LogP contribution in [0.2, 0.25) is 0 Å².